The van der Waals surface area contributed by atoms with E-state index >= 15 is 4.39 Å². The van der Waals surface area contributed by atoms with Crippen LogP contribution >= 0.6 is 0 Å². The maximum absolute atomic E-state index is 15.2. The van der Waals surface area contributed by atoms with Gasteiger partial charge in [0.15, 0.2) is 0 Å². The highest BCUT2D eigenvalue weighted by Crippen LogP contribution is 2.46. The van der Waals surface area contributed by atoms with Gasteiger partial charge < -0.3 is 18.9 Å². The second-order valence-corrected chi connectivity index (χ2v) is 10.7. The summed E-state index contributed by atoms with van der Waals surface area (Å²) in [6.45, 7) is -2.69. The number of hydrogen-bond acceptors (Lipinski definition) is 9. The molecule has 0 spiro atoms. The second-order valence-electron chi connectivity index (χ2n) is 10.7. The van der Waals surface area contributed by atoms with Gasteiger partial charge in [-0.1, -0.05) is 23.4 Å². The van der Waals surface area contributed by atoms with Gasteiger partial charge in [-0.2, -0.15) is 8.78 Å². The summed E-state index contributed by atoms with van der Waals surface area (Å²) in [5, 5.41) is 19.1. The Labute approximate surface area is 228 Å². The smallest absolute Gasteiger partial charge is 0.387 e. The maximum Gasteiger partial charge on any atom is 0.387 e. The van der Waals surface area contributed by atoms with Crippen LogP contribution in [-0.4, -0.2) is 30.0 Å². The highest BCUT2D eigenvalue weighted by Gasteiger charge is 2.43. The summed E-state index contributed by atoms with van der Waals surface area (Å²) in [4.78, 5) is 2.19. The van der Waals surface area contributed by atoms with E-state index in [2.05, 4.69) is 30.7 Å². The van der Waals surface area contributed by atoms with Crippen LogP contribution in [0.25, 0.3) is 11.3 Å². The summed E-state index contributed by atoms with van der Waals surface area (Å²) < 4.78 is 58.3. The lowest BCUT2D eigenvalue weighted by Gasteiger charge is -2.40. The van der Waals surface area contributed by atoms with Crippen LogP contribution in [-0.2, 0) is 11.3 Å². The molecule has 208 valence electrons. The number of anilines is 1. The van der Waals surface area contributed by atoms with Crippen molar-refractivity contribution in [3.05, 3.63) is 65.2 Å². The predicted molar refractivity (Wildman–Crippen MR) is 136 cm³/mol. The van der Waals surface area contributed by atoms with E-state index in [4.69, 9.17) is 14.0 Å². The average molecular weight is 553 g/mol. The summed E-state index contributed by atoms with van der Waals surface area (Å²) in [5.41, 5.74) is 2.90. The molecule has 2 bridgehead atoms. The Bertz CT molecular complexity index is 1430. The van der Waals surface area contributed by atoms with E-state index in [-0.39, 0.29) is 42.3 Å². The van der Waals surface area contributed by atoms with Crippen molar-refractivity contribution in [3.63, 3.8) is 0 Å². The Morgan fingerprint density at radius 2 is 1.73 bits per heavy atom. The molecule has 2 unspecified atom stereocenters. The fourth-order valence-corrected chi connectivity index (χ4v) is 6.25. The monoisotopic (exact) mass is 552 g/mol. The lowest BCUT2D eigenvalue weighted by Crippen LogP contribution is -2.46. The first kappa shape index (κ1) is 25.2. The van der Waals surface area contributed by atoms with Gasteiger partial charge in [0.25, 0.3) is 0 Å². The van der Waals surface area contributed by atoms with Gasteiger partial charge in [-0.15, -0.1) is 10.2 Å². The van der Waals surface area contributed by atoms with E-state index in [1.807, 2.05) is 6.07 Å². The van der Waals surface area contributed by atoms with Crippen LogP contribution in [0.2, 0.25) is 0 Å². The van der Waals surface area contributed by atoms with Crippen molar-refractivity contribution in [2.24, 2.45) is 20.7 Å². The zero-order valence-electron chi connectivity index (χ0n) is 21.5. The fraction of sp³-hybridized carbons (Fsp3) is 0.464. The van der Waals surface area contributed by atoms with Gasteiger partial charge in [0.05, 0.1) is 18.4 Å². The molecule has 2 saturated heterocycles. The number of halogens is 3. The minimum absolute atomic E-state index is 0.0299. The van der Waals surface area contributed by atoms with Crippen molar-refractivity contribution in [3.8, 4) is 17.0 Å². The Morgan fingerprint density at radius 1 is 0.975 bits per heavy atom. The quantitative estimate of drug-likeness (QED) is 0.274. The highest BCUT2D eigenvalue weighted by atomic mass is 19.3. The molecule has 4 heterocycles. The van der Waals surface area contributed by atoms with Gasteiger partial charge in [0.1, 0.15) is 23.0 Å². The third-order valence-corrected chi connectivity index (χ3v) is 8.19. The third-order valence-electron chi connectivity index (χ3n) is 8.19. The Morgan fingerprint density at radius 3 is 2.42 bits per heavy atom. The molecule has 7 rings (SSSR count). The molecule has 0 N–H and O–H groups in total. The molecule has 0 radical (unpaired) electrons. The van der Waals surface area contributed by atoms with E-state index in [0.29, 0.717) is 22.5 Å². The van der Waals surface area contributed by atoms with E-state index in [1.165, 1.54) is 12.1 Å². The normalized spacial score (nSPS) is 24.0. The van der Waals surface area contributed by atoms with E-state index in [0.717, 1.165) is 49.8 Å². The van der Waals surface area contributed by atoms with E-state index in [9.17, 15) is 8.78 Å². The number of benzene rings is 2. The van der Waals surface area contributed by atoms with Gasteiger partial charge in [-0.3, -0.25) is 0 Å². The first-order valence-electron chi connectivity index (χ1n) is 13.6. The number of nitrogens with zero attached hydrogens (tertiary/aromatic N) is 6. The number of aromatic nitrogens is 1. The Kier molecular flexibility index (Phi) is 6.49. The molecule has 1 saturated carbocycles. The molecule has 2 aromatic carbocycles. The number of hydrogen-bond donors (Lipinski definition) is 0. The standard InChI is InChI=1S/C28H27F3N6O3/c29-22-11-16(27-32-35-36-33-27)7-10-23(22)37-17-8-9-18(37)13-19(12-17)38-14-21-25(34-40-26(21)15-5-6-15)20-3-1-2-4-24(20)39-28(30)31/h1-4,7,10-11,15,17-19,27-28H,5-6,8-9,12-14H2. The van der Waals surface area contributed by atoms with Gasteiger partial charge >= 0.3 is 6.61 Å². The first-order valence-corrected chi connectivity index (χ1v) is 13.6. The minimum atomic E-state index is -2.95. The van der Waals surface area contributed by atoms with Crippen LogP contribution in [0.4, 0.5) is 18.9 Å². The molecule has 3 fully saturated rings. The molecule has 2 atom stereocenters. The topological polar surface area (TPSA) is 97.2 Å². The molecule has 40 heavy (non-hydrogen) atoms. The predicted octanol–water partition coefficient (Wildman–Crippen LogP) is 7.51. The minimum Gasteiger partial charge on any atom is -0.434 e. The molecule has 1 aromatic heterocycles. The van der Waals surface area contributed by atoms with Crippen LogP contribution in [0.1, 0.15) is 67.5 Å². The molecular formula is C28H27F3N6O3. The molecule has 9 nitrogen and oxygen atoms in total. The molecule has 12 heteroatoms. The number of alkyl halides is 2. The Hall–Kier alpha value is -3.80. The van der Waals surface area contributed by atoms with Crippen molar-refractivity contribution in [1.29, 1.82) is 0 Å². The van der Waals surface area contributed by atoms with Gasteiger partial charge in [0, 0.05) is 34.7 Å². The van der Waals surface area contributed by atoms with Crippen LogP contribution in [0.5, 0.6) is 5.75 Å². The lowest BCUT2D eigenvalue weighted by atomic mass is 9.98. The average Bonchev–Trinajstić information content (AvgIpc) is 3.35. The zero-order chi connectivity index (χ0) is 27.2. The van der Waals surface area contributed by atoms with Crippen LogP contribution in [0.3, 0.4) is 0 Å². The Balaban J connectivity index is 1.08. The SMILES string of the molecule is Fc1cc(C2N=NN=N2)ccc1N1C2CCC1CC(OCc1c(-c3ccccc3OC(F)F)noc1C1CC1)C2. The maximum atomic E-state index is 15.2. The lowest BCUT2D eigenvalue weighted by molar-refractivity contribution is -0.0494. The molecule has 4 aliphatic rings. The molecule has 3 aromatic rings. The highest BCUT2D eigenvalue weighted by molar-refractivity contribution is 5.70. The van der Waals surface area contributed by atoms with Crippen molar-refractivity contribution in [1.82, 2.24) is 5.16 Å². The largest absolute Gasteiger partial charge is 0.434 e. The molecule has 3 aliphatic heterocycles. The molecular weight excluding hydrogens is 525 g/mol. The molecule has 1 aliphatic carbocycles. The third kappa shape index (κ3) is 4.74. The first-order chi connectivity index (χ1) is 19.5. The van der Waals surface area contributed by atoms with Crippen LogP contribution in [0, 0.1) is 5.82 Å². The van der Waals surface area contributed by atoms with Crippen molar-refractivity contribution in [2.75, 3.05) is 4.90 Å². The summed E-state index contributed by atoms with van der Waals surface area (Å²) in [5.74, 6) is 0.761. The number of para-hydroxylation sites is 1. The number of piperidine rings is 1. The zero-order valence-corrected chi connectivity index (χ0v) is 21.5. The van der Waals surface area contributed by atoms with Gasteiger partial charge in [-0.25, -0.2) is 4.39 Å². The van der Waals surface area contributed by atoms with E-state index in [1.54, 1.807) is 24.3 Å². The number of rotatable bonds is 9. The van der Waals surface area contributed by atoms with Crippen LogP contribution < -0.4 is 9.64 Å². The molecule has 0 amide bonds. The fourth-order valence-electron chi connectivity index (χ4n) is 6.25. The summed E-state index contributed by atoms with van der Waals surface area (Å²) >= 11 is 0. The van der Waals surface area contributed by atoms with Crippen molar-refractivity contribution >= 4 is 5.69 Å². The number of ether oxygens (including phenoxy) is 2. The van der Waals surface area contributed by atoms with Crippen molar-refractivity contribution in [2.45, 2.75) is 82.0 Å². The summed E-state index contributed by atoms with van der Waals surface area (Å²) in [6, 6.07) is 12.0. The van der Waals surface area contributed by atoms with Crippen LogP contribution in [0.15, 0.2) is 67.7 Å². The van der Waals surface area contributed by atoms with Gasteiger partial charge in [-0.05, 0) is 73.2 Å². The van der Waals surface area contributed by atoms with Gasteiger partial charge in [0.2, 0.25) is 6.17 Å². The van der Waals surface area contributed by atoms with Crippen molar-refractivity contribution < 1.29 is 27.2 Å². The van der Waals surface area contributed by atoms with E-state index < -0.39 is 12.8 Å². The second kappa shape index (κ2) is 10.3. The number of fused-ring (bicyclic) bond motifs is 2. The summed E-state index contributed by atoms with van der Waals surface area (Å²) in [7, 11) is 0. The summed E-state index contributed by atoms with van der Waals surface area (Å²) in [6.07, 6.45) is 4.81.